The molecule has 0 aliphatic heterocycles. The Balaban J connectivity index is 0.937. The largest absolute Gasteiger partial charge is 0.203 e. The number of halogens is 16. The third-order valence-corrected chi connectivity index (χ3v) is 34.6. The molecule has 0 saturated carbocycles. The van der Waals surface area contributed by atoms with Gasteiger partial charge in [0.1, 0.15) is 0 Å². The first kappa shape index (κ1) is 91.1. The van der Waals surface area contributed by atoms with Gasteiger partial charge in [-0.3, -0.25) is 0 Å². The molecule has 0 spiro atoms. The van der Waals surface area contributed by atoms with Gasteiger partial charge in [0.05, 0.1) is 76.8 Å². The summed E-state index contributed by atoms with van der Waals surface area (Å²) < 4.78 is 265. The van der Waals surface area contributed by atoms with Crippen molar-refractivity contribution in [2.45, 2.75) is 156 Å². The monoisotopic (exact) mass is 1760 g/mol. The van der Waals surface area contributed by atoms with E-state index in [0.29, 0.717) is 44.5 Å². The standard InChI is InChI=1S/C104H96F16Si4/c1-13-17-53-121(5,6)57-77-69-37-21-61(22-38-69)65-29-45-73(46-30-65)81-89(105)97(113)85(98(114)90(81)106)86-101(117)93(109)83(94(110)102(86)118)75-49-33-67(34-50-75)63-25-41-71(42-26-63)79(59-123(9,10)55-19-15-3)80(60-124(11,12)56-20-16-4)72-43-27-64(28-44-72)68-35-51-76(52-36-68)84-95(111)103(119)88(104(120)96(84)112)87-99(115)91(107)82(92(108)100(87)116)74-47-31-66(32-48-74)62-23-39-70(40-24-62)78(77)58-122(7,8)54-18-14-2/h21-52,57-60H,13-20,53-56H2,1-12H3. The second-order valence-electron chi connectivity index (χ2n) is 35.2. The van der Waals surface area contributed by atoms with Crippen molar-refractivity contribution in [2.75, 3.05) is 0 Å². The molecule has 124 heavy (non-hydrogen) atoms. The van der Waals surface area contributed by atoms with E-state index in [-0.39, 0.29) is 22.3 Å². The van der Waals surface area contributed by atoms with Crippen LogP contribution < -0.4 is 0 Å². The summed E-state index contributed by atoms with van der Waals surface area (Å²) in [6.07, 6.45) is 7.77. The zero-order valence-electron chi connectivity index (χ0n) is 71.3. The van der Waals surface area contributed by atoms with Crippen LogP contribution in [0.5, 0.6) is 0 Å². The summed E-state index contributed by atoms with van der Waals surface area (Å²) in [7, 11) is -8.72. The Morgan fingerprint density at radius 2 is 0.266 bits per heavy atom. The maximum absolute atomic E-state index is 16.6. The first-order chi connectivity index (χ1) is 58.9. The van der Waals surface area contributed by atoms with Crippen molar-refractivity contribution >= 4 is 54.6 Å². The van der Waals surface area contributed by atoms with Gasteiger partial charge in [0.2, 0.25) is 0 Å². The normalized spacial score (nSPS) is 14.1. The van der Waals surface area contributed by atoms with E-state index in [4.69, 9.17) is 0 Å². The highest BCUT2D eigenvalue weighted by molar-refractivity contribution is 6.85. The number of unbranched alkanes of at least 4 members (excludes halogenated alkanes) is 4. The quantitative estimate of drug-likeness (QED) is 0.0514. The molecule has 0 fully saturated rings. The van der Waals surface area contributed by atoms with E-state index in [1.54, 1.807) is 0 Å². The minimum atomic E-state index is -2.30. The summed E-state index contributed by atoms with van der Waals surface area (Å²) in [5.74, 6) is -35.1. The number of hydrogen-bond acceptors (Lipinski definition) is 0. The number of rotatable bonds is 16. The van der Waals surface area contributed by atoms with Crippen molar-refractivity contribution in [1.82, 2.24) is 0 Å². The number of benzene rings is 12. The number of hydrogen-bond donors (Lipinski definition) is 0. The van der Waals surface area contributed by atoms with E-state index in [2.05, 4.69) is 103 Å². The van der Waals surface area contributed by atoms with E-state index >= 15 is 70.2 Å². The molecule has 12 aromatic rings. The van der Waals surface area contributed by atoms with Crippen molar-refractivity contribution in [3.63, 3.8) is 0 Å². The molecule has 24 bridgehead atoms. The highest BCUT2D eigenvalue weighted by Gasteiger charge is 2.39. The molecule has 640 valence electrons. The molecule has 0 unspecified atom stereocenters. The maximum atomic E-state index is 16.6. The smallest absolute Gasteiger partial charge is 0.170 e. The molecule has 0 saturated heterocycles. The van der Waals surface area contributed by atoms with Crippen LogP contribution in [-0.4, -0.2) is 32.3 Å². The molecule has 12 aromatic carbocycles. The zero-order chi connectivity index (χ0) is 89.3. The summed E-state index contributed by atoms with van der Waals surface area (Å²) in [6.45, 7) is 26.8. The van der Waals surface area contributed by atoms with Crippen molar-refractivity contribution in [1.29, 1.82) is 0 Å². The zero-order valence-corrected chi connectivity index (χ0v) is 75.3. The summed E-state index contributed by atoms with van der Waals surface area (Å²) in [5, 5.41) is 0. The van der Waals surface area contributed by atoms with Crippen molar-refractivity contribution in [3.8, 4) is 111 Å². The van der Waals surface area contributed by atoms with Crippen LogP contribution in [0, 0.1) is 93.1 Å². The van der Waals surface area contributed by atoms with Crippen molar-refractivity contribution in [2.24, 2.45) is 0 Å². The molecule has 0 amide bonds. The van der Waals surface area contributed by atoms with Gasteiger partial charge < -0.3 is 0 Å². The molecule has 0 nitrogen and oxygen atoms in total. The molecule has 19 aliphatic rings. The fraction of sp³-hybridized carbons (Fsp3) is 0.231. The molecule has 0 heterocycles. The lowest BCUT2D eigenvalue weighted by Crippen LogP contribution is -2.25. The van der Waals surface area contributed by atoms with Crippen LogP contribution in [0.25, 0.3) is 134 Å². The van der Waals surface area contributed by atoms with E-state index in [1.807, 2.05) is 97.1 Å². The van der Waals surface area contributed by atoms with Gasteiger partial charge in [0.25, 0.3) is 0 Å². The Morgan fingerprint density at radius 1 is 0.161 bits per heavy atom. The summed E-state index contributed by atoms with van der Waals surface area (Å²) in [4.78, 5) is 0. The van der Waals surface area contributed by atoms with Gasteiger partial charge in [0.15, 0.2) is 93.1 Å². The third-order valence-electron chi connectivity index (χ3n) is 23.8. The fourth-order valence-electron chi connectivity index (χ4n) is 16.8. The molecule has 31 rings (SSSR count). The van der Waals surface area contributed by atoms with E-state index in [1.165, 1.54) is 97.1 Å². The SMILES string of the molecule is CCCC[Si](C)(C)C=C1C(=C[Si](C)(C)CCCC)c2ccc(cc2)-c2ccc(cc2)-c2c(F)c(F)c(c(F)c2F)-c2c(F)c(F)c(c(F)c2F)-c2ccc(cc2)-c2ccc(cc2)C(=C[Si](C)(C)CCCC)C(=C[Si](C)(C)CCCC)c2ccc(cc2)-c2ccc(cc2)-c2c(F)c(F)c(c(F)c2F)-c2c(F)c(F)c(c(F)c2F)-c2ccc(cc2)-c2ccc1cc2. The summed E-state index contributed by atoms with van der Waals surface area (Å²) in [6, 6.07) is 55.5. The summed E-state index contributed by atoms with van der Waals surface area (Å²) in [5.41, 5.74) is 6.73. The van der Waals surface area contributed by atoms with Crippen LogP contribution in [0.15, 0.2) is 217 Å². The van der Waals surface area contributed by atoms with Crippen LogP contribution in [0.4, 0.5) is 70.2 Å². The first-order valence-corrected chi connectivity index (χ1v) is 55.3. The molecular weight excluding hydrogens is 1670 g/mol. The fourth-order valence-corrected chi connectivity index (χ4v) is 26.8. The van der Waals surface area contributed by atoms with Gasteiger partial charge in [-0.1, -0.05) is 373 Å². The van der Waals surface area contributed by atoms with Gasteiger partial charge in [-0.15, -0.1) is 0 Å². The number of allylic oxidation sites excluding steroid dienone is 4. The Morgan fingerprint density at radius 3 is 0.387 bits per heavy atom. The lowest BCUT2D eigenvalue weighted by Gasteiger charge is -2.26. The molecule has 0 radical (unpaired) electrons. The topological polar surface area (TPSA) is 0 Å². The van der Waals surface area contributed by atoms with Crippen molar-refractivity contribution in [3.05, 3.63) is 332 Å². The predicted octanol–water partition coefficient (Wildman–Crippen LogP) is 34.0. The first-order valence-electron chi connectivity index (χ1n) is 42.1. The average molecular weight is 1760 g/mol. The van der Waals surface area contributed by atoms with Gasteiger partial charge in [0, 0.05) is 0 Å². The Hall–Kier alpha value is -10.7. The van der Waals surface area contributed by atoms with Crippen LogP contribution in [-0.2, 0) is 0 Å². The molecule has 0 atom stereocenters. The van der Waals surface area contributed by atoms with Crippen LogP contribution in [0.1, 0.15) is 101 Å². The van der Waals surface area contributed by atoms with E-state index < -0.39 is 170 Å². The lowest BCUT2D eigenvalue weighted by molar-refractivity contribution is 0.446. The highest BCUT2D eigenvalue weighted by atomic mass is 28.3. The second-order valence-corrected chi connectivity index (χ2v) is 54.3. The minimum Gasteiger partial charge on any atom is -0.203 e. The van der Waals surface area contributed by atoms with Gasteiger partial charge >= 0.3 is 0 Å². The molecule has 19 aliphatic carbocycles. The van der Waals surface area contributed by atoms with Crippen LogP contribution >= 0.6 is 0 Å². The van der Waals surface area contributed by atoms with E-state index in [0.717, 1.165) is 120 Å². The Bertz CT molecular complexity index is 5280. The molecular formula is C104H96F16Si4. The van der Waals surface area contributed by atoms with E-state index in [9.17, 15) is 0 Å². The van der Waals surface area contributed by atoms with Crippen LogP contribution in [0.3, 0.4) is 0 Å². The Kier molecular flexibility index (Phi) is 27.4. The highest BCUT2D eigenvalue weighted by Crippen LogP contribution is 2.49. The Labute approximate surface area is 719 Å². The van der Waals surface area contributed by atoms with Crippen LogP contribution in [0.2, 0.25) is 76.6 Å². The second kappa shape index (κ2) is 37.3. The predicted molar refractivity (Wildman–Crippen MR) is 487 cm³/mol. The van der Waals surface area contributed by atoms with Gasteiger partial charge in [-0.2, -0.15) is 0 Å². The maximum Gasteiger partial charge on any atom is 0.170 e. The molecule has 0 N–H and O–H groups in total. The summed E-state index contributed by atoms with van der Waals surface area (Å²) >= 11 is 0. The molecule has 0 aromatic heterocycles. The van der Waals surface area contributed by atoms with Gasteiger partial charge in [-0.25, -0.2) is 70.2 Å². The molecule has 20 heteroatoms. The lowest BCUT2D eigenvalue weighted by atomic mass is 9.91. The van der Waals surface area contributed by atoms with Gasteiger partial charge in [-0.05, 0) is 111 Å². The van der Waals surface area contributed by atoms with Crippen molar-refractivity contribution < 1.29 is 70.2 Å². The third kappa shape index (κ3) is 18.7. The minimum absolute atomic E-state index is 0.383. The average Bonchev–Trinajstić information content (AvgIpc) is 0.738.